The van der Waals surface area contributed by atoms with Crippen LogP contribution < -0.4 is 0 Å². The summed E-state index contributed by atoms with van der Waals surface area (Å²) in [7, 11) is -1.53. The Morgan fingerprint density at radius 2 is 1.93 bits per heavy atom. The van der Waals surface area contributed by atoms with Crippen LogP contribution >= 0.6 is 0 Å². The first kappa shape index (κ1) is 11.3. The average Bonchev–Trinajstić information content (AvgIpc) is 1.99. The van der Waals surface area contributed by atoms with Crippen molar-refractivity contribution >= 4 is 14.0 Å². The number of carbonyl (C=O) groups excluding carboxylic acids is 1. The molecule has 0 saturated carbocycles. The monoisotopic (exact) mass is 209 g/mol. The Labute approximate surface area is 87.7 Å². The third kappa shape index (κ3) is 2.19. The number of amides is 1. The first-order chi connectivity index (χ1) is 6.24. The van der Waals surface area contributed by atoms with Crippen molar-refractivity contribution in [1.29, 1.82) is 0 Å². The summed E-state index contributed by atoms with van der Waals surface area (Å²) in [6, 6.07) is 3.01. The average molecular weight is 209 g/mol. The van der Waals surface area contributed by atoms with Gasteiger partial charge in [0, 0.05) is 19.0 Å². The van der Waals surface area contributed by atoms with Crippen molar-refractivity contribution in [3.05, 3.63) is 0 Å². The first-order valence-corrected chi connectivity index (χ1v) is 8.07. The molecule has 0 bridgehead atoms. The number of hydrogen-bond donors (Lipinski definition) is 0. The summed E-state index contributed by atoms with van der Waals surface area (Å²) in [5.74, 6) is 0.177. The number of rotatable bonds is 0. The number of carbonyl (C=O) groups is 1. The summed E-state index contributed by atoms with van der Waals surface area (Å²) in [5, 5.41) is 0.272. The first-order valence-electron chi connectivity index (χ1n) is 5.07. The van der Waals surface area contributed by atoms with E-state index in [1.807, 2.05) is 0 Å². The van der Waals surface area contributed by atoms with Gasteiger partial charge in [-0.15, -0.1) is 5.54 Å². The molecule has 0 radical (unpaired) electrons. The predicted octanol–water partition coefficient (Wildman–Crippen LogP) is 2.23. The number of nitrogens with zero attached hydrogens (tertiary/aromatic N) is 1. The molecule has 14 heavy (non-hydrogen) atoms. The standard InChI is InChI=1S/C11H19NOSi/c1-11(2,3)14(4,5)9-8-12-7-6-10(12)13/h6-7H2,1-5H3. The van der Waals surface area contributed by atoms with Crippen molar-refractivity contribution in [2.45, 2.75) is 45.3 Å². The molecule has 1 fully saturated rings. The van der Waals surface area contributed by atoms with E-state index in [0.717, 1.165) is 6.54 Å². The highest BCUT2D eigenvalue weighted by molar-refractivity contribution is 6.87. The van der Waals surface area contributed by atoms with E-state index in [4.69, 9.17) is 0 Å². The van der Waals surface area contributed by atoms with Gasteiger partial charge in [-0.3, -0.25) is 9.69 Å². The van der Waals surface area contributed by atoms with Gasteiger partial charge in [0.05, 0.1) is 0 Å². The van der Waals surface area contributed by atoms with E-state index in [2.05, 4.69) is 45.5 Å². The highest BCUT2D eigenvalue weighted by atomic mass is 28.3. The quantitative estimate of drug-likeness (QED) is 0.340. The van der Waals surface area contributed by atoms with Crippen molar-refractivity contribution in [2.24, 2.45) is 0 Å². The van der Waals surface area contributed by atoms with Gasteiger partial charge < -0.3 is 0 Å². The fourth-order valence-electron chi connectivity index (χ4n) is 0.828. The van der Waals surface area contributed by atoms with Gasteiger partial charge in [-0.05, 0) is 5.04 Å². The van der Waals surface area contributed by atoms with Crippen LogP contribution in [0.25, 0.3) is 0 Å². The summed E-state index contributed by atoms with van der Waals surface area (Å²) >= 11 is 0. The second-order valence-electron chi connectivity index (χ2n) is 5.41. The van der Waals surface area contributed by atoms with Crippen molar-refractivity contribution < 1.29 is 4.79 Å². The van der Waals surface area contributed by atoms with Crippen LogP contribution in [0.5, 0.6) is 0 Å². The molecule has 1 aliphatic rings. The van der Waals surface area contributed by atoms with Crippen LogP contribution in [0, 0.1) is 11.6 Å². The molecule has 1 heterocycles. The number of β-lactam (4-membered cyclic amide) rings is 1. The van der Waals surface area contributed by atoms with E-state index in [9.17, 15) is 4.79 Å². The highest BCUT2D eigenvalue weighted by Gasteiger charge is 2.34. The van der Waals surface area contributed by atoms with Gasteiger partial charge in [0.2, 0.25) is 5.91 Å². The Kier molecular flexibility index (Phi) is 2.78. The zero-order chi connectivity index (χ0) is 11.0. The van der Waals surface area contributed by atoms with Crippen LogP contribution in [-0.4, -0.2) is 25.4 Å². The molecular formula is C11H19NOSi. The van der Waals surface area contributed by atoms with Gasteiger partial charge in [-0.25, -0.2) is 0 Å². The summed E-state index contributed by atoms with van der Waals surface area (Å²) in [4.78, 5) is 12.7. The maximum atomic E-state index is 11.0. The van der Waals surface area contributed by atoms with E-state index in [-0.39, 0.29) is 10.9 Å². The minimum atomic E-state index is -1.53. The lowest BCUT2D eigenvalue weighted by Gasteiger charge is -2.32. The van der Waals surface area contributed by atoms with Crippen LogP contribution in [0.2, 0.25) is 18.1 Å². The fourth-order valence-corrected chi connectivity index (χ4v) is 1.62. The molecule has 1 amide bonds. The van der Waals surface area contributed by atoms with Crippen LogP contribution in [-0.2, 0) is 4.79 Å². The molecule has 3 heteroatoms. The Morgan fingerprint density at radius 3 is 2.21 bits per heavy atom. The minimum absolute atomic E-state index is 0.177. The molecule has 0 aromatic rings. The molecule has 1 aliphatic heterocycles. The molecule has 0 aromatic heterocycles. The summed E-state index contributed by atoms with van der Waals surface area (Å²) in [6.45, 7) is 12.0. The maximum absolute atomic E-state index is 11.0. The topological polar surface area (TPSA) is 20.3 Å². The largest absolute Gasteiger partial charge is 0.274 e. The summed E-state index contributed by atoms with van der Waals surface area (Å²) in [6.07, 6.45) is 0.673. The zero-order valence-corrected chi connectivity index (χ0v) is 10.8. The Morgan fingerprint density at radius 1 is 1.36 bits per heavy atom. The molecule has 0 atom stereocenters. The third-order valence-electron chi connectivity index (χ3n) is 3.23. The van der Waals surface area contributed by atoms with E-state index in [1.54, 1.807) is 4.90 Å². The third-order valence-corrected chi connectivity index (χ3v) is 7.72. The molecular weight excluding hydrogens is 190 g/mol. The van der Waals surface area contributed by atoms with Crippen molar-refractivity contribution in [3.63, 3.8) is 0 Å². The Bertz CT molecular complexity index is 303. The number of hydrogen-bond acceptors (Lipinski definition) is 1. The molecule has 1 rings (SSSR count). The van der Waals surface area contributed by atoms with Gasteiger partial charge in [-0.2, -0.15) is 0 Å². The van der Waals surface area contributed by atoms with Crippen LogP contribution in [0.1, 0.15) is 27.2 Å². The van der Waals surface area contributed by atoms with Crippen LogP contribution in [0.3, 0.4) is 0 Å². The maximum Gasteiger partial charge on any atom is 0.235 e. The molecule has 0 N–H and O–H groups in total. The molecule has 0 aliphatic carbocycles. The van der Waals surface area contributed by atoms with Crippen LogP contribution in [0.15, 0.2) is 0 Å². The van der Waals surface area contributed by atoms with Gasteiger partial charge in [0.15, 0.2) is 0 Å². The predicted molar refractivity (Wildman–Crippen MR) is 61.3 cm³/mol. The molecule has 78 valence electrons. The molecule has 0 aromatic carbocycles. The smallest absolute Gasteiger partial charge is 0.235 e. The van der Waals surface area contributed by atoms with E-state index >= 15 is 0 Å². The van der Waals surface area contributed by atoms with Crippen molar-refractivity contribution in [1.82, 2.24) is 4.90 Å². The van der Waals surface area contributed by atoms with E-state index in [0.29, 0.717) is 6.42 Å². The van der Waals surface area contributed by atoms with E-state index in [1.165, 1.54) is 0 Å². The van der Waals surface area contributed by atoms with Gasteiger partial charge in [-0.1, -0.05) is 33.9 Å². The van der Waals surface area contributed by atoms with E-state index < -0.39 is 8.07 Å². The van der Waals surface area contributed by atoms with Crippen LogP contribution in [0.4, 0.5) is 0 Å². The lowest BCUT2D eigenvalue weighted by atomic mass is 10.2. The molecule has 0 spiro atoms. The second kappa shape index (κ2) is 3.43. The molecule has 0 unspecified atom stereocenters. The number of likely N-dealkylation sites (tertiary alicyclic amines) is 1. The fraction of sp³-hybridized carbons (Fsp3) is 0.727. The zero-order valence-electron chi connectivity index (χ0n) is 9.77. The normalized spacial score (nSPS) is 17.2. The lowest BCUT2D eigenvalue weighted by molar-refractivity contribution is -0.135. The summed E-state index contributed by atoms with van der Waals surface area (Å²) in [5.41, 5.74) is 3.33. The molecule has 2 nitrogen and oxygen atoms in total. The van der Waals surface area contributed by atoms with Gasteiger partial charge >= 0.3 is 0 Å². The Hall–Kier alpha value is -0.753. The molecule has 1 saturated heterocycles. The Balaban J connectivity index is 2.71. The minimum Gasteiger partial charge on any atom is -0.274 e. The van der Waals surface area contributed by atoms with Crippen molar-refractivity contribution in [3.8, 4) is 11.6 Å². The SMILES string of the molecule is CC(C)(C)[Si](C)(C)C#CN1CCC1=O. The second-order valence-corrected chi connectivity index (χ2v) is 10.4. The lowest BCUT2D eigenvalue weighted by Crippen LogP contribution is -2.41. The highest BCUT2D eigenvalue weighted by Crippen LogP contribution is 2.35. The van der Waals surface area contributed by atoms with Gasteiger partial charge in [0.25, 0.3) is 0 Å². The summed E-state index contributed by atoms with van der Waals surface area (Å²) < 4.78 is 0. The van der Waals surface area contributed by atoms with Gasteiger partial charge in [0.1, 0.15) is 8.07 Å². The van der Waals surface area contributed by atoms with Crippen molar-refractivity contribution in [2.75, 3.05) is 6.54 Å².